The molecule has 0 radical (unpaired) electrons. The molecule has 1 heterocycles. The summed E-state index contributed by atoms with van der Waals surface area (Å²) in [6, 6.07) is 19.2. The number of carbonyl (C=O) groups excluding carboxylic acids is 2. The number of fused-ring (bicyclic) bond motifs is 3. The van der Waals surface area contributed by atoms with Gasteiger partial charge in [-0.25, -0.2) is 5.43 Å². The third-order valence-electron chi connectivity index (χ3n) is 5.48. The van der Waals surface area contributed by atoms with Gasteiger partial charge in [0.25, 0.3) is 11.6 Å². The number of nitro groups is 1. The Morgan fingerprint density at radius 1 is 1.00 bits per heavy atom. The number of nitro benzene ring substituents is 1. The van der Waals surface area contributed by atoms with Crippen LogP contribution >= 0.6 is 0 Å². The van der Waals surface area contributed by atoms with Crippen LogP contribution in [0.1, 0.15) is 30.6 Å². The van der Waals surface area contributed by atoms with Gasteiger partial charge in [0.2, 0.25) is 5.91 Å². The molecule has 0 saturated carbocycles. The van der Waals surface area contributed by atoms with Gasteiger partial charge in [-0.15, -0.1) is 0 Å². The van der Waals surface area contributed by atoms with E-state index in [1.54, 1.807) is 6.92 Å². The van der Waals surface area contributed by atoms with E-state index in [0.29, 0.717) is 11.4 Å². The summed E-state index contributed by atoms with van der Waals surface area (Å²) in [5.74, 6) is -0.781. The second-order valence-electron chi connectivity index (χ2n) is 7.81. The molecule has 2 N–H and O–H groups in total. The van der Waals surface area contributed by atoms with Crippen molar-refractivity contribution in [3.05, 3.63) is 82.4 Å². The predicted octanol–water partition coefficient (Wildman–Crippen LogP) is 4.86. The van der Waals surface area contributed by atoms with E-state index in [9.17, 15) is 19.7 Å². The van der Waals surface area contributed by atoms with Crippen LogP contribution in [-0.4, -0.2) is 27.0 Å². The monoisotopic (exact) mass is 457 g/mol. The number of benzene rings is 3. The van der Waals surface area contributed by atoms with Crippen molar-refractivity contribution in [3.63, 3.8) is 0 Å². The molecular weight excluding hydrogens is 434 g/mol. The van der Waals surface area contributed by atoms with E-state index in [-0.39, 0.29) is 23.6 Å². The lowest BCUT2D eigenvalue weighted by molar-refractivity contribution is -0.384. The van der Waals surface area contributed by atoms with Crippen molar-refractivity contribution in [2.75, 3.05) is 5.32 Å². The maximum absolute atomic E-state index is 12.5. The zero-order valence-electron chi connectivity index (χ0n) is 18.7. The predicted molar refractivity (Wildman–Crippen MR) is 132 cm³/mol. The number of nitrogens with one attached hydrogen (secondary N) is 2. The molecule has 1 aromatic heterocycles. The highest BCUT2D eigenvalue weighted by Gasteiger charge is 2.12. The van der Waals surface area contributed by atoms with Gasteiger partial charge >= 0.3 is 0 Å². The van der Waals surface area contributed by atoms with Crippen LogP contribution in [0.25, 0.3) is 21.8 Å². The molecule has 0 atom stereocenters. The average molecular weight is 457 g/mol. The molecule has 172 valence electrons. The molecule has 34 heavy (non-hydrogen) atoms. The van der Waals surface area contributed by atoms with Crippen LogP contribution in [0, 0.1) is 10.1 Å². The Labute approximate surface area is 195 Å². The van der Waals surface area contributed by atoms with Crippen molar-refractivity contribution in [2.24, 2.45) is 5.10 Å². The molecule has 0 aliphatic rings. The highest BCUT2D eigenvalue weighted by Crippen LogP contribution is 2.31. The molecule has 3 aromatic carbocycles. The topological polar surface area (TPSA) is 119 Å². The van der Waals surface area contributed by atoms with Crippen molar-refractivity contribution in [1.29, 1.82) is 0 Å². The Hall–Kier alpha value is -4.53. The van der Waals surface area contributed by atoms with Gasteiger partial charge in [0.05, 0.1) is 11.3 Å². The zero-order chi connectivity index (χ0) is 24.2. The van der Waals surface area contributed by atoms with E-state index in [4.69, 9.17) is 0 Å². The zero-order valence-corrected chi connectivity index (χ0v) is 18.7. The number of aryl methyl sites for hydroxylation is 1. The first-order valence-corrected chi connectivity index (χ1v) is 10.8. The van der Waals surface area contributed by atoms with Crippen molar-refractivity contribution < 1.29 is 14.5 Å². The number of para-hydroxylation sites is 1. The van der Waals surface area contributed by atoms with E-state index < -0.39 is 10.8 Å². The number of anilines is 1. The summed E-state index contributed by atoms with van der Waals surface area (Å²) < 4.78 is 2.24. The van der Waals surface area contributed by atoms with Crippen LogP contribution in [0.15, 0.2) is 71.8 Å². The summed E-state index contributed by atoms with van der Waals surface area (Å²) in [5.41, 5.74) is 5.83. The molecule has 0 bridgehead atoms. The summed E-state index contributed by atoms with van der Waals surface area (Å²) in [6.45, 7) is 4.58. The molecule has 0 aliphatic carbocycles. The number of hydrogen-bond donors (Lipinski definition) is 2. The van der Waals surface area contributed by atoms with Gasteiger partial charge in [-0.1, -0.05) is 18.2 Å². The molecule has 0 spiro atoms. The highest BCUT2D eigenvalue weighted by atomic mass is 16.6. The van der Waals surface area contributed by atoms with Crippen LogP contribution in [0.5, 0.6) is 0 Å². The summed E-state index contributed by atoms with van der Waals surface area (Å²) in [6.07, 6.45) is -0.00466. The number of aromatic nitrogens is 1. The first kappa shape index (κ1) is 22.7. The minimum Gasteiger partial charge on any atom is -0.341 e. The van der Waals surface area contributed by atoms with E-state index >= 15 is 0 Å². The number of rotatable bonds is 7. The third kappa shape index (κ3) is 4.63. The van der Waals surface area contributed by atoms with Gasteiger partial charge in [-0.2, -0.15) is 5.10 Å². The molecule has 4 rings (SSSR count). The molecule has 2 amide bonds. The van der Waals surface area contributed by atoms with Crippen LogP contribution < -0.4 is 10.7 Å². The number of amides is 2. The highest BCUT2D eigenvalue weighted by molar-refractivity contribution is 6.11. The van der Waals surface area contributed by atoms with Gasteiger partial charge in [0, 0.05) is 57.4 Å². The van der Waals surface area contributed by atoms with E-state index in [0.717, 1.165) is 28.4 Å². The lowest BCUT2D eigenvalue weighted by Crippen LogP contribution is -2.21. The fourth-order valence-corrected chi connectivity index (χ4v) is 3.89. The molecule has 0 unspecified atom stereocenters. The fraction of sp³-hybridized carbons (Fsp3) is 0.160. The normalized spacial score (nSPS) is 11.5. The maximum atomic E-state index is 12.5. The van der Waals surface area contributed by atoms with Crippen molar-refractivity contribution in [2.45, 2.75) is 26.8 Å². The number of nitrogens with zero attached hydrogens (tertiary/aromatic N) is 3. The third-order valence-corrected chi connectivity index (χ3v) is 5.48. The largest absolute Gasteiger partial charge is 0.341 e. The number of non-ortho nitro benzene ring substituents is 1. The minimum absolute atomic E-state index is 0.00466. The lowest BCUT2D eigenvalue weighted by Gasteiger charge is -2.07. The van der Waals surface area contributed by atoms with Crippen LogP contribution in [0.4, 0.5) is 11.4 Å². The first-order chi connectivity index (χ1) is 16.4. The second kappa shape index (κ2) is 9.53. The quantitative estimate of drug-likeness (QED) is 0.234. The molecular formula is C25H23N5O4. The van der Waals surface area contributed by atoms with Gasteiger partial charge in [-0.05, 0) is 50.2 Å². The molecule has 9 heteroatoms. The minimum atomic E-state index is -0.540. The summed E-state index contributed by atoms with van der Waals surface area (Å²) >= 11 is 0. The summed E-state index contributed by atoms with van der Waals surface area (Å²) in [4.78, 5) is 34.9. The Kier molecular flexibility index (Phi) is 6.35. The Balaban J connectivity index is 1.41. The van der Waals surface area contributed by atoms with Crippen LogP contribution in [0.2, 0.25) is 0 Å². The molecule has 0 saturated heterocycles. The van der Waals surface area contributed by atoms with E-state index in [1.165, 1.54) is 24.3 Å². The molecule has 9 nitrogen and oxygen atoms in total. The smallest absolute Gasteiger partial charge is 0.271 e. The van der Waals surface area contributed by atoms with E-state index in [2.05, 4.69) is 39.5 Å². The molecule has 0 fully saturated rings. The summed E-state index contributed by atoms with van der Waals surface area (Å²) in [5, 5.41) is 19.8. The standard InChI is InChI=1S/C25H23N5O4/c1-3-29-22-7-5-4-6-20(22)21-15-18(10-13-23(21)29)26-24(31)14-16(2)27-28-25(32)17-8-11-19(12-9-17)30(33)34/h4-13,15H,3,14H2,1-2H3,(H,26,31)(H,28,32)/b27-16-. The average Bonchev–Trinajstić information content (AvgIpc) is 3.15. The SMILES string of the molecule is CCn1c2ccccc2c2cc(NC(=O)C/C(C)=N\NC(=O)c3ccc([N+](=O)[O-])cc3)ccc21. The van der Waals surface area contributed by atoms with E-state index in [1.807, 2.05) is 30.3 Å². The van der Waals surface area contributed by atoms with Gasteiger partial charge in [0.1, 0.15) is 0 Å². The van der Waals surface area contributed by atoms with Crippen molar-refractivity contribution >= 4 is 50.7 Å². The molecule has 4 aromatic rings. The van der Waals surface area contributed by atoms with Gasteiger partial charge in [0.15, 0.2) is 0 Å². The van der Waals surface area contributed by atoms with Crippen LogP contribution in [0.3, 0.4) is 0 Å². The number of hydrazone groups is 1. The Morgan fingerprint density at radius 3 is 2.41 bits per heavy atom. The number of hydrogen-bond acceptors (Lipinski definition) is 5. The lowest BCUT2D eigenvalue weighted by atomic mass is 10.1. The first-order valence-electron chi connectivity index (χ1n) is 10.8. The number of carbonyl (C=O) groups is 2. The van der Waals surface area contributed by atoms with Crippen molar-refractivity contribution in [1.82, 2.24) is 9.99 Å². The Morgan fingerprint density at radius 2 is 1.71 bits per heavy atom. The second-order valence-corrected chi connectivity index (χ2v) is 7.81. The van der Waals surface area contributed by atoms with Crippen LogP contribution in [-0.2, 0) is 11.3 Å². The van der Waals surface area contributed by atoms with Gasteiger partial charge < -0.3 is 9.88 Å². The fourth-order valence-electron chi connectivity index (χ4n) is 3.89. The Bertz CT molecular complexity index is 1440. The summed E-state index contributed by atoms with van der Waals surface area (Å²) in [7, 11) is 0. The maximum Gasteiger partial charge on any atom is 0.271 e. The van der Waals surface area contributed by atoms with Crippen molar-refractivity contribution in [3.8, 4) is 0 Å². The molecule has 0 aliphatic heterocycles. The van der Waals surface area contributed by atoms with Gasteiger partial charge in [-0.3, -0.25) is 19.7 Å².